The van der Waals surface area contributed by atoms with Crippen LogP contribution in [0.4, 0.5) is 0 Å². The lowest BCUT2D eigenvalue weighted by atomic mass is 9.69. The Morgan fingerprint density at radius 1 is 1.40 bits per heavy atom. The summed E-state index contributed by atoms with van der Waals surface area (Å²) < 4.78 is 0. The fraction of sp³-hybridized carbons (Fsp3) is 0.923. The zero-order chi connectivity index (χ0) is 11.1. The molecule has 15 heavy (non-hydrogen) atoms. The van der Waals surface area contributed by atoms with Gasteiger partial charge in [-0.15, -0.1) is 0 Å². The van der Waals surface area contributed by atoms with Gasteiger partial charge in [0.15, 0.2) is 0 Å². The largest absolute Gasteiger partial charge is 0.312 e. The van der Waals surface area contributed by atoms with Crippen molar-refractivity contribution in [2.24, 2.45) is 16.7 Å². The van der Waals surface area contributed by atoms with Crippen molar-refractivity contribution in [1.29, 1.82) is 5.26 Å². The zero-order valence-electron chi connectivity index (χ0n) is 10.1. The molecule has 0 aliphatic heterocycles. The average Bonchev–Trinajstić information content (AvgIpc) is 2.51. The Balaban J connectivity index is 2.03. The van der Waals surface area contributed by atoms with Crippen LogP contribution in [0.1, 0.15) is 46.5 Å². The molecule has 1 N–H and O–H groups in total. The Labute approximate surface area is 93.0 Å². The van der Waals surface area contributed by atoms with Gasteiger partial charge in [0.2, 0.25) is 0 Å². The molecule has 0 saturated heterocycles. The number of hydrogen-bond acceptors (Lipinski definition) is 2. The topological polar surface area (TPSA) is 35.8 Å². The van der Waals surface area contributed by atoms with Crippen LogP contribution >= 0.6 is 0 Å². The quantitative estimate of drug-likeness (QED) is 0.721. The molecule has 2 bridgehead atoms. The standard InChI is InChI=1S/C13H22N2/c1-12(2)10-5-6-13(12,3)11(9-10)15-8-4-7-14/h10-11,15H,4-6,8-9H2,1-3H3. The number of nitriles is 1. The van der Waals surface area contributed by atoms with Crippen LogP contribution in [0, 0.1) is 28.1 Å². The minimum absolute atomic E-state index is 0.452. The van der Waals surface area contributed by atoms with E-state index in [-0.39, 0.29) is 0 Å². The van der Waals surface area contributed by atoms with Crippen LogP contribution in [0.5, 0.6) is 0 Å². The maximum absolute atomic E-state index is 8.55. The molecule has 2 rings (SSSR count). The van der Waals surface area contributed by atoms with Crippen LogP contribution in [0.25, 0.3) is 0 Å². The first-order valence-electron chi connectivity index (χ1n) is 6.13. The zero-order valence-corrected chi connectivity index (χ0v) is 10.1. The summed E-state index contributed by atoms with van der Waals surface area (Å²) in [6.07, 6.45) is 4.71. The molecule has 2 saturated carbocycles. The molecular weight excluding hydrogens is 184 g/mol. The minimum atomic E-state index is 0.452. The Morgan fingerprint density at radius 2 is 2.13 bits per heavy atom. The summed E-state index contributed by atoms with van der Waals surface area (Å²) in [6.45, 7) is 8.15. The third-order valence-corrected chi connectivity index (χ3v) is 5.42. The fourth-order valence-corrected chi connectivity index (χ4v) is 3.81. The Hall–Kier alpha value is -0.550. The number of nitrogens with one attached hydrogen (secondary N) is 1. The summed E-state index contributed by atoms with van der Waals surface area (Å²) in [4.78, 5) is 0. The third-order valence-electron chi connectivity index (χ3n) is 5.42. The molecule has 2 aliphatic rings. The molecule has 0 heterocycles. The van der Waals surface area contributed by atoms with Gasteiger partial charge in [0.05, 0.1) is 6.07 Å². The minimum Gasteiger partial charge on any atom is -0.312 e. The van der Waals surface area contributed by atoms with Crippen molar-refractivity contribution in [2.75, 3.05) is 6.54 Å². The van der Waals surface area contributed by atoms with E-state index in [1.165, 1.54) is 19.3 Å². The maximum atomic E-state index is 8.55. The van der Waals surface area contributed by atoms with E-state index in [2.05, 4.69) is 32.2 Å². The smallest absolute Gasteiger partial charge is 0.0635 e. The van der Waals surface area contributed by atoms with Crippen molar-refractivity contribution in [1.82, 2.24) is 5.32 Å². The SMILES string of the molecule is CC1(C)C2CCC1(C)C(NCCC#N)C2. The molecule has 0 radical (unpaired) electrons. The first-order chi connectivity index (χ1) is 7.02. The molecule has 84 valence electrons. The summed E-state index contributed by atoms with van der Waals surface area (Å²) >= 11 is 0. The van der Waals surface area contributed by atoms with Gasteiger partial charge in [-0.05, 0) is 36.0 Å². The van der Waals surface area contributed by atoms with Gasteiger partial charge >= 0.3 is 0 Å². The molecule has 0 aromatic rings. The molecule has 0 aromatic carbocycles. The molecule has 2 aliphatic carbocycles. The van der Waals surface area contributed by atoms with E-state index in [9.17, 15) is 0 Å². The van der Waals surface area contributed by atoms with E-state index in [4.69, 9.17) is 5.26 Å². The van der Waals surface area contributed by atoms with Crippen molar-refractivity contribution in [3.63, 3.8) is 0 Å². The highest BCUT2D eigenvalue weighted by Crippen LogP contribution is 2.65. The van der Waals surface area contributed by atoms with E-state index >= 15 is 0 Å². The Morgan fingerprint density at radius 3 is 2.60 bits per heavy atom. The van der Waals surface area contributed by atoms with Gasteiger partial charge in [-0.25, -0.2) is 0 Å². The number of fused-ring (bicyclic) bond motifs is 2. The molecule has 3 unspecified atom stereocenters. The Kier molecular flexibility index (Phi) is 2.55. The first kappa shape index (κ1) is 11.0. The summed E-state index contributed by atoms with van der Waals surface area (Å²) in [6, 6.07) is 2.84. The van der Waals surface area contributed by atoms with Crippen LogP contribution < -0.4 is 5.32 Å². The van der Waals surface area contributed by atoms with Crippen LogP contribution in [0.2, 0.25) is 0 Å². The predicted molar refractivity (Wildman–Crippen MR) is 61.2 cm³/mol. The van der Waals surface area contributed by atoms with Crippen molar-refractivity contribution in [3.8, 4) is 6.07 Å². The second-order valence-corrected chi connectivity index (χ2v) is 6.03. The van der Waals surface area contributed by atoms with E-state index < -0.39 is 0 Å². The van der Waals surface area contributed by atoms with E-state index in [1.54, 1.807) is 0 Å². The second-order valence-electron chi connectivity index (χ2n) is 6.03. The second kappa shape index (κ2) is 3.49. The van der Waals surface area contributed by atoms with Crippen LogP contribution in [0.3, 0.4) is 0 Å². The highest BCUT2D eigenvalue weighted by molar-refractivity contribution is 5.12. The van der Waals surface area contributed by atoms with Crippen LogP contribution in [-0.2, 0) is 0 Å². The Bertz CT molecular complexity index is 289. The van der Waals surface area contributed by atoms with E-state index in [0.29, 0.717) is 23.3 Å². The lowest BCUT2D eigenvalue weighted by molar-refractivity contribution is 0.121. The molecule has 0 aromatic heterocycles. The lowest BCUT2D eigenvalue weighted by Crippen LogP contribution is -2.44. The lowest BCUT2D eigenvalue weighted by Gasteiger charge is -2.39. The molecular formula is C13H22N2. The average molecular weight is 206 g/mol. The highest BCUT2D eigenvalue weighted by Gasteiger charge is 2.60. The van der Waals surface area contributed by atoms with Gasteiger partial charge < -0.3 is 5.32 Å². The number of rotatable bonds is 3. The van der Waals surface area contributed by atoms with Gasteiger partial charge in [-0.2, -0.15) is 5.26 Å². The molecule has 0 spiro atoms. The summed E-state index contributed by atoms with van der Waals surface area (Å²) in [7, 11) is 0. The van der Waals surface area contributed by atoms with Crippen molar-refractivity contribution in [2.45, 2.75) is 52.5 Å². The summed E-state index contributed by atoms with van der Waals surface area (Å²) in [5.41, 5.74) is 0.935. The van der Waals surface area contributed by atoms with Crippen molar-refractivity contribution < 1.29 is 0 Å². The fourth-order valence-electron chi connectivity index (χ4n) is 3.81. The van der Waals surface area contributed by atoms with Gasteiger partial charge in [0.25, 0.3) is 0 Å². The van der Waals surface area contributed by atoms with E-state index in [1.807, 2.05) is 0 Å². The van der Waals surface area contributed by atoms with Crippen LogP contribution in [-0.4, -0.2) is 12.6 Å². The molecule has 2 fully saturated rings. The van der Waals surface area contributed by atoms with Crippen LogP contribution in [0.15, 0.2) is 0 Å². The summed E-state index contributed by atoms with van der Waals surface area (Å²) in [5.74, 6) is 0.891. The van der Waals surface area contributed by atoms with Gasteiger partial charge in [0, 0.05) is 19.0 Å². The van der Waals surface area contributed by atoms with Gasteiger partial charge in [-0.1, -0.05) is 20.8 Å². The monoisotopic (exact) mass is 206 g/mol. The van der Waals surface area contributed by atoms with E-state index in [0.717, 1.165) is 12.5 Å². The van der Waals surface area contributed by atoms with Crippen molar-refractivity contribution in [3.05, 3.63) is 0 Å². The van der Waals surface area contributed by atoms with Gasteiger partial charge in [-0.3, -0.25) is 0 Å². The summed E-state index contributed by atoms with van der Waals surface area (Å²) in [5, 5.41) is 12.1. The normalized spacial score (nSPS) is 41.7. The first-order valence-corrected chi connectivity index (χ1v) is 6.13. The molecule has 3 atom stereocenters. The number of hydrogen-bond donors (Lipinski definition) is 1. The molecule has 2 nitrogen and oxygen atoms in total. The molecule has 2 heteroatoms. The highest BCUT2D eigenvalue weighted by atomic mass is 15.0. The maximum Gasteiger partial charge on any atom is 0.0635 e. The number of nitrogens with zero attached hydrogens (tertiary/aromatic N) is 1. The van der Waals surface area contributed by atoms with Crippen molar-refractivity contribution >= 4 is 0 Å². The van der Waals surface area contributed by atoms with Gasteiger partial charge in [0.1, 0.15) is 0 Å². The third kappa shape index (κ3) is 1.40. The molecule has 0 amide bonds. The predicted octanol–water partition coefficient (Wildman–Crippen LogP) is 2.70.